The van der Waals surface area contributed by atoms with Gasteiger partial charge in [0.05, 0.1) is 6.42 Å². The number of benzene rings is 1. The van der Waals surface area contributed by atoms with E-state index in [4.69, 9.17) is 5.11 Å². The molecule has 112 valence electrons. The van der Waals surface area contributed by atoms with Crippen LogP contribution in [-0.2, 0) is 9.59 Å². The fraction of sp³-hybridized carbons (Fsp3) is 0.400. The average Bonchev–Trinajstić information content (AvgIpc) is 2.96. The van der Waals surface area contributed by atoms with Gasteiger partial charge in [0.1, 0.15) is 6.04 Å². The third-order valence-corrected chi connectivity index (χ3v) is 3.48. The van der Waals surface area contributed by atoms with Gasteiger partial charge in [-0.3, -0.25) is 14.4 Å². The highest BCUT2D eigenvalue weighted by molar-refractivity contribution is 5.97. The number of carbonyl (C=O) groups is 3. The van der Waals surface area contributed by atoms with Crippen LogP contribution in [0.3, 0.4) is 0 Å². The molecule has 21 heavy (non-hydrogen) atoms. The van der Waals surface area contributed by atoms with E-state index in [9.17, 15) is 14.4 Å². The molecule has 1 saturated heterocycles. The van der Waals surface area contributed by atoms with Crippen molar-refractivity contribution < 1.29 is 19.5 Å². The van der Waals surface area contributed by atoms with Crippen molar-refractivity contribution in [2.75, 3.05) is 13.1 Å². The molecule has 1 aromatic rings. The molecule has 1 fully saturated rings. The van der Waals surface area contributed by atoms with Gasteiger partial charge in [0.15, 0.2) is 0 Å². The topological polar surface area (TPSA) is 86.7 Å². The molecule has 0 spiro atoms. The Hall–Kier alpha value is -2.37. The number of nitrogens with one attached hydrogen (secondary N) is 1. The second kappa shape index (κ2) is 6.88. The normalized spacial score (nSPS) is 17.5. The number of carbonyl (C=O) groups excluding carboxylic acids is 2. The number of hydrogen-bond donors (Lipinski definition) is 2. The molecule has 2 N–H and O–H groups in total. The number of nitrogens with zero attached hydrogens (tertiary/aromatic N) is 1. The highest BCUT2D eigenvalue weighted by atomic mass is 16.4. The zero-order chi connectivity index (χ0) is 15.2. The summed E-state index contributed by atoms with van der Waals surface area (Å²) in [6, 6.07) is 8.33. The Balaban J connectivity index is 1.98. The van der Waals surface area contributed by atoms with Gasteiger partial charge in [-0.1, -0.05) is 18.2 Å². The van der Waals surface area contributed by atoms with Gasteiger partial charge < -0.3 is 15.3 Å². The summed E-state index contributed by atoms with van der Waals surface area (Å²) in [5, 5.41) is 11.1. The largest absolute Gasteiger partial charge is 0.481 e. The van der Waals surface area contributed by atoms with Crippen molar-refractivity contribution in [3.8, 4) is 0 Å². The first-order valence-corrected chi connectivity index (χ1v) is 6.95. The molecule has 0 aromatic heterocycles. The first kappa shape index (κ1) is 15.0. The highest BCUT2D eigenvalue weighted by Crippen LogP contribution is 2.20. The van der Waals surface area contributed by atoms with Crippen molar-refractivity contribution in [2.24, 2.45) is 0 Å². The second-order valence-electron chi connectivity index (χ2n) is 4.96. The van der Waals surface area contributed by atoms with Gasteiger partial charge in [-0.05, 0) is 25.0 Å². The van der Waals surface area contributed by atoms with E-state index in [0.29, 0.717) is 18.5 Å². The summed E-state index contributed by atoms with van der Waals surface area (Å²) < 4.78 is 0. The number of hydrogen-bond acceptors (Lipinski definition) is 3. The van der Waals surface area contributed by atoms with Crippen LogP contribution in [0, 0.1) is 0 Å². The van der Waals surface area contributed by atoms with Crippen LogP contribution in [0.4, 0.5) is 0 Å². The van der Waals surface area contributed by atoms with Crippen LogP contribution in [0.1, 0.15) is 29.6 Å². The van der Waals surface area contributed by atoms with E-state index in [2.05, 4.69) is 5.32 Å². The Morgan fingerprint density at radius 3 is 2.62 bits per heavy atom. The molecule has 1 aromatic carbocycles. The van der Waals surface area contributed by atoms with Crippen LogP contribution >= 0.6 is 0 Å². The van der Waals surface area contributed by atoms with E-state index in [0.717, 1.165) is 6.42 Å². The number of aliphatic carboxylic acids is 1. The molecule has 2 amide bonds. The average molecular weight is 290 g/mol. The van der Waals surface area contributed by atoms with E-state index in [-0.39, 0.29) is 24.8 Å². The Labute approximate surface area is 122 Å². The van der Waals surface area contributed by atoms with Crippen molar-refractivity contribution in [1.82, 2.24) is 10.2 Å². The van der Waals surface area contributed by atoms with Crippen LogP contribution in [0.5, 0.6) is 0 Å². The summed E-state index contributed by atoms with van der Waals surface area (Å²) in [6.07, 6.45) is 1.26. The maximum atomic E-state index is 12.4. The molecule has 0 saturated carbocycles. The summed E-state index contributed by atoms with van der Waals surface area (Å²) in [5.74, 6) is -1.40. The van der Waals surface area contributed by atoms with Crippen molar-refractivity contribution in [3.63, 3.8) is 0 Å². The Morgan fingerprint density at radius 1 is 1.24 bits per heavy atom. The minimum atomic E-state index is -0.959. The van der Waals surface area contributed by atoms with Crippen LogP contribution in [0.2, 0.25) is 0 Å². The van der Waals surface area contributed by atoms with Gasteiger partial charge >= 0.3 is 5.97 Å². The number of amides is 2. The third-order valence-electron chi connectivity index (χ3n) is 3.48. The second-order valence-corrected chi connectivity index (χ2v) is 4.96. The maximum absolute atomic E-state index is 12.4. The minimum Gasteiger partial charge on any atom is -0.481 e. The summed E-state index contributed by atoms with van der Waals surface area (Å²) >= 11 is 0. The predicted octanol–water partition coefficient (Wildman–Crippen LogP) is 0.882. The predicted molar refractivity (Wildman–Crippen MR) is 75.8 cm³/mol. The summed E-state index contributed by atoms with van der Waals surface area (Å²) in [5.41, 5.74) is 0.558. The molecular formula is C15H18N2O4. The monoisotopic (exact) mass is 290 g/mol. The molecule has 0 radical (unpaired) electrons. The van der Waals surface area contributed by atoms with E-state index >= 15 is 0 Å². The molecule has 6 heteroatoms. The van der Waals surface area contributed by atoms with Gasteiger partial charge in [-0.2, -0.15) is 0 Å². The fourth-order valence-electron chi connectivity index (χ4n) is 2.44. The summed E-state index contributed by atoms with van der Waals surface area (Å²) in [7, 11) is 0. The molecule has 1 aliphatic heterocycles. The smallest absolute Gasteiger partial charge is 0.305 e. The lowest BCUT2D eigenvalue weighted by atomic mass is 10.1. The first-order chi connectivity index (χ1) is 10.1. The zero-order valence-electron chi connectivity index (χ0n) is 11.6. The minimum absolute atomic E-state index is 0.0814. The molecular weight excluding hydrogens is 272 g/mol. The van der Waals surface area contributed by atoms with Gasteiger partial charge in [0.2, 0.25) is 5.91 Å². The van der Waals surface area contributed by atoms with Crippen LogP contribution in [0.15, 0.2) is 30.3 Å². The van der Waals surface area contributed by atoms with Gasteiger partial charge in [-0.15, -0.1) is 0 Å². The van der Waals surface area contributed by atoms with Crippen LogP contribution < -0.4 is 5.32 Å². The van der Waals surface area contributed by atoms with Gasteiger partial charge in [0, 0.05) is 18.7 Å². The zero-order valence-corrected chi connectivity index (χ0v) is 11.6. The van der Waals surface area contributed by atoms with Crippen molar-refractivity contribution in [1.29, 1.82) is 0 Å². The molecule has 6 nitrogen and oxygen atoms in total. The lowest BCUT2D eigenvalue weighted by molar-refractivity contribution is -0.137. The van der Waals surface area contributed by atoms with Crippen molar-refractivity contribution >= 4 is 17.8 Å². The molecule has 0 aliphatic carbocycles. The van der Waals surface area contributed by atoms with Gasteiger partial charge in [0.25, 0.3) is 5.91 Å². The first-order valence-electron chi connectivity index (χ1n) is 6.95. The molecule has 1 atom stereocenters. The van der Waals surface area contributed by atoms with Gasteiger partial charge in [-0.25, -0.2) is 0 Å². The van der Waals surface area contributed by atoms with E-state index in [1.54, 1.807) is 29.2 Å². The van der Waals surface area contributed by atoms with Crippen LogP contribution in [-0.4, -0.2) is 46.9 Å². The summed E-state index contributed by atoms with van der Waals surface area (Å²) in [4.78, 5) is 36.5. The number of likely N-dealkylation sites (tertiary alicyclic amines) is 1. The Morgan fingerprint density at radius 2 is 1.95 bits per heavy atom. The maximum Gasteiger partial charge on any atom is 0.305 e. The fourth-order valence-corrected chi connectivity index (χ4v) is 2.44. The van der Waals surface area contributed by atoms with Crippen LogP contribution in [0.25, 0.3) is 0 Å². The standard InChI is InChI=1S/C15H18N2O4/c18-13(19)8-9-16-14(20)12-7-4-10-17(12)15(21)11-5-2-1-3-6-11/h1-3,5-6,12H,4,7-10H2,(H,16,20)(H,18,19). The van der Waals surface area contributed by atoms with E-state index in [1.165, 1.54) is 0 Å². The lowest BCUT2D eigenvalue weighted by Crippen LogP contribution is -2.46. The number of carboxylic acid groups (broad SMARTS) is 1. The molecule has 2 rings (SSSR count). The number of rotatable bonds is 5. The SMILES string of the molecule is O=C(O)CCNC(=O)C1CCCN1C(=O)c1ccccc1. The number of carboxylic acids is 1. The third kappa shape index (κ3) is 3.81. The Bertz CT molecular complexity index is 530. The quantitative estimate of drug-likeness (QED) is 0.843. The highest BCUT2D eigenvalue weighted by Gasteiger charge is 2.34. The molecule has 0 bridgehead atoms. The molecule has 1 unspecified atom stereocenters. The summed E-state index contributed by atoms with van der Waals surface area (Å²) in [6.45, 7) is 0.628. The lowest BCUT2D eigenvalue weighted by Gasteiger charge is -2.24. The molecule has 1 aliphatic rings. The van der Waals surface area contributed by atoms with E-state index < -0.39 is 12.0 Å². The van der Waals surface area contributed by atoms with Crippen molar-refractivity contribution in [3.05, 3.63) is 35.9 Å². The Kier molecular flexibility index (Phi) is 4.92. The molecule has 1 heterocycles. The van der Waals surface area contributed by atoms with E-state index in [1.807, 2.05) is 6.07 Å². The van der Waals surface area contributed by atoms with Crippen molar-refractivity contribution in [2.45, 2.75) is 25.3 Å².